The Kier molecular flexibility index (Phi) is 8.79. The Bertz CT molecular complexity index is 1240. The Hall–Kier alpha value is -2.61. The average molecular weight is 556 g/mol. The van der Waals surface area contributed by atoms with Gasteiger partial charge in [-0.2, -0.15) is 9.78 Å². The molecule has 0 saturated heterocycles. The monoisotopic (exact) mass is 554 g/mol. The molecule has 1 heterocycles. The molecular weight excluding hydrogens is 532 g/mol. The van der Waals surface area contributed by atoms with Crippen LogP contribution in [-0.4, -0.2) is 21.1 Å². The highest BCUT2D eigenvalue weighted by Crippen LogP contribution is 2.24. The number of thioether (sulfide) groups is 1. The largest absolute Gasteiger partial charge is 0.489 e. The van der Waals surface area contributed by atoms with E-state index >= 15 is 0 Å². The minimum atomic E-state index is 0.424. The molecule has 0 atom stereocenters. The molecule has 0 amide bonds. The van der Waals surface area contributed by atoms with Crippen LogP contribution in [0.15, 0.2) is 87.5 Å². The van der Waals surface area contributed by atoms with Gasteiger partial charge in [0.2, 0.25) is 5.16 Å². The van der Waals surface area contributed by atoms with E-state index in [1.54, 1.807) is 11.8 Å². The van der Waals surface area contributed by atoms with Crippen LogP contribution >= 0.6 is 39.3 Å². The molecule has 0 unspecified atom stereocenters. The van der Waals surface area contributed by atoms with Crippen molar-refractivity contribution < 1.29 is 4.74 Å². The summed E-state index contributed by atoms with van der Waals surface area (Å²) in [5, 5.41) is 14.9. The van der Waals surface area contributed by atoms with E-state index in [1.165, 1.54) is 5.56 Å². The van der Waals surface area contributed by atoms with E-state index in [9.17, 15) is 0 Å². The van der Waals surface area contributed by atoms with Crippen LogP contribution in [0.5, 0.6) is 5.75 Å². The van der Waals surface area contributed by atoms with E-state index in [0.29, 0.717) is 11.6 Å². The first-order valence-electron chi connectivity index (χ1n) is 10.9. The highest BCUT2D eigenvalue weighted by Gasteiger charge is 2.12. The summed E-state index contributed by atoms with van der Waals surface area (Å²) in [5.41, 5.74) is 3.14. The zero-order valence-corrected chi connectivity index (χ0v) is 21.9. The second-order valence-electron chi connectivity index (χ2n) is 7.57. The number of hydrogen-bond acceptors (Lipinski definition) is 5. The quantitative estimate of drug-likeness (QED) is 0.151. The molecule has 0 aliphatic carbocycles. The minimum Gasteiger partial charge on any atom is -0.489 e. The summed E-state index contributed by atoms with van der Waals surface area (Å²) in [6.07, 6.45) is 3.62. The highest BCUT2D eigenvalue weighted by atomic mass is 79.9. The third-order valence-electron chi connectivity index (χ3n) is 4.99. The third kappa shape index (κ3) is 6.72. The fourth-order valence-electron chi connectivity index (χ4n) is 3.16. The molecule has 0 bridgehead atoms. The Labute approximate surface area is 217 Å². The van der Waals surface area contributed by atoms with Crippen molar-refractivity contribution in [3.63, 3.8) is 0 Å². The molecule has 4 rings (SSSR count). The van der Waals surface area contributed by atoms with Crippen LogP contribution in [-0.2, 0) is 18.8 Å². The van der Waals surface area contributed by atoms with Gasteiger partial charge in [-0.25, -0.2) is 0 Å². The van der Waals surface area contributed by atoms with Gasteiger partial charge in [-0.1, -0.05) is 76.5 Å². The molecule has 0 aliphatic heterocycles. The maximum absolute atomic E-state index is 6.20. The second-order valence-corrected chi connectivity index (χ2v) is 9.83. The second kappa shape index (κ2) is 12.2. The third-order valence-corrected chi connectivity index (χ3v) is 6.87. The predicted octanol–water partition coefficient (Wildman–Crippen LogP) is 7.40. The van der Waals surface area contributed by atoms with E-state index in [1.807, 2.05) is 71.6 Å². The van der Waals surface area contributed by atoms with Crippen molar-refractivity contribution >= 4 is 45.5 Å². The Balaban J connectivity index is 1.42. The summed E-state index contributed by atoms with van der Waals surface area (Å²) in [5.74, 6) is 2.43. The molecular formula is C26H24BrClN4OS. The van der Waals surface area contributed by atoms with Crippen molar-refractivity contribution in [2.24, 2.45) is 5.10 Å². The lowest BCUT2D eigenvalue weighted by molar-refractivity contribution is 0.306. The van der Waals surface area contributed by atoms with E-state index < -0.39 is 0 Å². The standard InChI is InChI=1S/C26H24BrClN4OS/c1-2-5-25-30-31-26(34-18-20-8-12-22(27)13-9-20)32(25)29-16-19-10-14-23(15-11-19)33-17-21-6-3-4-7-24(21)28/h3-4,6-16H,2,5,17-18H2,1H3/b29-16+. The first-order chi connectivity index (χ1) is 16.6. The average Bonchev–Trinajstić information content (AvgIpc) is 3.24. The van der Waals surface area contributed by atoms with Gasteiger partial charge in [-0.3, -0.25) is 0 Å². The van der Waals surface area contributed by atoms with Crippen molar-refractivity contribution in [2.75, 3.05) is 0 Å². The van der Waals surface area contributed by atoms with Crippen LogP contribution in [0, 0.1) is 0 Å². The summed E-state index contributed by atoms with van der Waals surface area (Å²) in [6.45, 7) is 2.55. The molecule has 5 nitrogen and oxygen atoms in total. The zero-order valence-electron chi connectivity index (χ0n) is 18.7. The molecule has 0 N–H and O–H groups in total. The van der Waals surface area contributed by atoms with E-state index in [-0.39, 0.29) is 0 Å². The lowest BCUT2D eigenvalue weighted by Gasteiger charge is -2.08. The summed E-state index contributed by atoms with van der Waals surface area (Å²) in [6, 6.07) is 23.8. The van der Waals surface area contributed by atoms with Gasteiger partial charge < -0.3 is 4.74 Å². The topological polar surface area (TPSA) is 52.3 Å². The molecule has 34 heavy (non-hydrogen) atoms. The molecule has 0 radical (unpaired) electrons. The van der Waals surface area contributed by atoms with Crippen molar-refractivity contribution in [1.82, 2.24) is 14.9 Å². The van der Waals surface area contributed by atoms with Gasteiger partial charge in [-0.05, 0) is 60.0 Å². The number of benzene rings is 3. The minimum absolute atomic E-state index is 0.424. The molecule has 0 spiro atoms. The Morgan fingerprint density at radius 3 is 2.53 bits per heavy atom. The van der Waals surface area contributed by atoms with Crippen LogP contribution in [0.25, 0.3) is 0 Å². The Morgan fingerprint density at radius 1 is 1.03 bits per heavy atom. The lowest BCUT2D eigenvalue weighted by atomic mass is 10.2. The van der Waals surface area contributed by atoms with Gasteiger partial charge in [0, 0.05) is 27.2 Å². The van der Waals surface area contributed by atoms with Gasteiger partial charge in [0.25, 0.3) is 0 Å². The lowest BCUT2D eigenvalue weighted by Crippen LogP contribution is -2.00. The van der Waals surface area contributed by atoms with Crippen LogP contribution in [0.4, 0.5) is 0 Å². The molecule has 4 aromatic rings. The predicted molar refractivity (Wildman–Crippen MR) is 143 cm³/mol. The van der Waals surface area contributed by atoms with Crippen molar-refractivity contribution in [3.8, 4) is 5.75 Å². The van der Waals surface area contributed by atoms with Crippen LogP contribution in [0.1, 0.15) is 35.9 Å². The van der Waals surface area contributed by atoms with Gasteiger partial charge in [0.1, 0.15) is 12.4 Å². The maximum atomic E-state index is 6.20. The molecule has 0 fully saturated rings. The van der Waals surface area contributed by atoms with Gasteiger partial charge >= 0.3 is 0 Å². The number of aryl methyl sites for hydroxylation is 1. The highest BCUT2D eigenvalue weighted by molar-refractivity contribution is 9.10. The van der Waals surface area contributed by atoms with Crippen molar-refractivity contribution in [2.45, 2.75) is 37.3 Å². The molecule has 0 saturated carbocycles. The van der Waals surface area contributed by atoms with Gasteiger partial charge in [0.05, 0.1) is 6.21 Å². The molecule has 174 valence electrons. The molecule has 1 aromatic heterocycles. The van der Waals surface area contributed by atoms with E-state index in [4.69, 9.17) is 21.4 Å². The van der Waals surface area contributed by atoms with Crippen molar-refractivity contribution in [3.05, 3.63) is 105 Å². The fraction of sp³-hybridized carbons (Fsp3) is 0.192. The van der Waals surface area contributed by atoms with Crippen molar-refractivity contribution in [1.29, 1.82) is 0 Å². The number of ether oxygens (including phenoxy) is 1. The number of aromatic nitrogens is 3. The number of nitrogens with zero attached hydrogens (tertiary/aromatic N) is 4. The molecule has 8 heteroatoms. The van der Waals surface area contributed by atoms with Crippen LogP contribution in [0.3, 0.4) is 0 Å². The first-order valence-corrected chi connectivity index (χ1v) is 13.1. The molecule has 3 aromatic carbocycles. The summed E-state index contributed by atoms with van der Waals surface area (Å²) in [7, 11) is 0. The summed E-state index contributed by atoms with van der Waals surface area (Å²) < 4.78 is 8.78. The van der Waals surface area contributed by atoms with Crippen LogP contribution in [0.2, 0.25) is 5.02 Å². The van der Waals surface area contributed by atoms with Gasteiger partial charge in [-0.15, -0.1) is 10.2 Å². The van der Waals surface area contributed by atoms with Gasteiger partial charge in [0.15, 0.2) is 5.82 Å². The zero-order chi connectivity index (χ0) is 23.8. The van der Waals surface area contributed by atoms with Crippen LogP contribution < -0.4 is 4.74 Å². The number of hydrogen-bond donors (Lipinski definition) is 0. The summed E-state index contributed by atoms with van der Waals surface area (Å²) in [4.78, 5) is 0. The Morgan fingerprint density at radius 2 is 1.79 bits per heavy atom. The number of halogens is 2. The SMILES string of the molecule is CCCc1nnc(SCc2ccc(Br)cc2)n1/N=C/c1ccc(OCc2ccccc2Cl)cc1. The summed E-state index contributed by atoms with van der Waals surface area (Å²) >= 11 is 11.3. The van der Waals surface area contributed by atoms with E-state index in [2.05, 4.69) is 45.2 Å². The fourth-order valence-corrected chi connectivity index (χ4v) is 4.48. The smallest absolute Gasteiger partial charge is 0.212 e. The number of rotatable bonds is 10. The first kappa shape index (κ1) is 24.5. The molecule has 0 aliphatic rings. The van der Waals surface area contributed by atoms with E-state index in [0.717, 1.165) is 50.9 Å². The normalized spacial score (nSPS) is 11.3. The maximum Gasteiger partial charge on any atom is 0.212 e.